The Morgan fingerprint density at radius 1 is 1.07 bits per heavy atom. The number of amides is 1. The van der Waals surface area contributed by atoms with Gasteiger partial charge in [-0.1, -0.05) is 19.1 Å². The van der Waals surface area contributed by atoms with E-state index in [9.17, 15) is 13.2 Å². The van der Waals surface area contributed by atoms with E-state index < -0.39 is 10.0 Å². The molecule has 2 N–H and O–H groups in total. The predicted octanol–water partition coefficient (Wildman–Crippen LogP) is 1.86. The number of rotatable bonds is 9. The highest BCUT2D eigenvalue weighted by Crippen LogP contribution is 2.30. The number of hydrogen-bond donors (Lipinski definition) is 2. The molecule has 0 aliphatic carbocycles. The minimum Gasteiger partial charge on any atom is -0.495 e. The first-order chi connectivity index (χ1) is 12.9. The van der Waals surface area contributed by atoms with Gasteiger partial charge in [-0.2, -0.15) is 0 Å². The number of anilines is 1. The molecule has 0 aliphatic rings. The van der Waals surface area contributed by atoms with Gasteiger partial charge in [0.2, 0.25) is 0 Å². The summed E-state index contributed by atoms with van der Waals surface area (Å²) in [7, 11) is -0.824. The average Bonchev–Trinajstić information content (AvgIpc) is 2.70. The Bertz CT molecular complexity index is 867. The molecule has 0 saturated heterocycles. The fourth-order valence-corrected chi connectivity index (χ4v) is 3.71. The number of ether oxygens (including phenoxy) is 1. The molecule has 0 unspecified atom stereocenters. The molecule has 146 valence electrons. The number of sulfonamides is 1. The van der Waals surface area contributed by atoms with Crippen molar-refractivity contribution in [1.29, 1.82) is 0 Å². The lowest BCUT2D eigenvalue weighted by Gasteiger charge is -2.21. The van der Waals surface area contributed by atoms with Crippen LogP contribution >= 0.6 is 0 Å². The molecule has 0 fully saturated rings. The van der Waals surface area contributed by atoms with Crippen molar-refractivity contribution in [1.82, 2.24) is 10.6 Å². The van der Waals surface area contributed by atoms with Gasteiger partial charge in [0.15, 0.2) is 0 Å². The van der Waals surface area contributed by atoms with Crippen molar-refractivity contribution in [2.24, 2.45) is 0 Å². The average molecular weight is 391 g/mol. The third-order valence-corrected chi connectivity index (χ3v) is 5.82. The lowest BCUT2D eigenvalue weighted by molar-refractivity contribution is 0.0954. The van der Waals surface area contributed by atoms with Crippen molar-refractivity contribution in [2.75, 3.05) is 38.1 Å². The molecule has 0 bridgehead atoms. The fourth-order valence-electron chi connectivity index (χ4n) is 2.50. The van der Waals surface area contributed by atoms with Crippen LogP contribution in [0.2, 0.25) is 0 Å². The largest absolute Gasteiger partial charge is 0.495 e. The lowest BCUT2D eigenvalue weighted by atomic mass is 10.2. The van der Waals surface area contributed by atoms with Crippen molar-refractivity contribution in [3.63, 3.8) is 0 Å². The maximum absolute atomic E-state index is 12.9. The summed E-state index contributed by atoms with van der Waals surface area (Å²) in [4.78, 5) is 12.2. The van der Waals surface area contributed by atoms with E-state index >= 15 is 0 Å². The van der Waals surface area contributed by atoms with E-state index in [0.29, 0.717) is 30.1 Å². The zero-order valence-electron chi connectivity index (χ0n) is 15.7. The number of carbonyl (C=O) groups excluding carboxylic acids is 1. The van der Waals surface area contributed by atoms with Gasteiger partial charge in [-0.25, -0.2) is 8.42 Å². The lowest BCUT2D eigenvalue weighted by Crippen LogP contribution is -2.31. The molecular formula is C19H25N3O4S. The van der Waals surface area contributed by atoms with Crippen LogP contribution in [-0.2, 0) is 10.0 Å². The Kier molecular flexibility index (Phi) is 7.20. The molecule has 0 heterocycles. The highest BCUT2D eigenvalue weighted by Gasteiger charge is 2.23. The van der Waals surface area contributed by atoms with Gasteiger partial charge < -0.3 is 15.4 Å². The van der Waals surface area contributed by atoms with Crippen LogP contribution in [0, 0.1) is 0 Å². The zero-order chi connectivity index (χ0) is 19.9. The molecule has 8 heteroatoms. The summed E-state index contributed by atoms with van der Waals surface area (Å²) in [6.07, 6.45) is 0. The van der Waals surface area contributed by atoms with E-state index in [1.807, 2.05) is 6.92 Å². The summed E-state index contributed by atoms with van der Waals surface area (Å²) < 4.78 is 32.2. The van der Waals surface area contributed by atoms with Crippen molar-refractivity contribution in [3.05, 3.63) is 54.1 Å². The molecule has 7 nitrogen and oxygen atoms in total. The Balaban J connectivity index is 2.16. The molecule has 0 saturated carbocycles. The van der Waals surface area contributed by atoms with Crippen LogP contribution in [0.4, 0.5) is 5.69 Å². The standard InChI is InChI=1S/C19H25N3O4S/c1-4-20-13-14-21-19(23)15-9-11-16(12-10-15)27(24,25)22(2)17-7-5-6-8-18(17)26-3/h5-12,20H,4,13-14H2,1-3H3,(H,21,23). The summed E-state index contributed by atoms with van der Waals surface area (Å²) in [5.41, 5.74) is 0.843. The van der Waals surface area contributed by atoms with E-state index in [0.717, 1.165) is 10.8 Å². The first-order valence-electron chi connectivity index (χ1n) is 8.62. The van der Waals surface area contributed by atoms with E-state index in [-0.39, 0.29) is 10.8 Å². The molecule has 0 atom stereocenters. The van der Waals surface area contributed by atoms with Gasteiger partial charge in [0.05, 0.1) is 17.7 Å². The Labute approximate surface area is 160 Å². The Morgan fingerprint density at radius 3 is 2.37 bits per heavy atom. The second kappa shape index (κ2) is 9.38. The second-order valence-electron chi connectivity index (χ2n) is 5.78. The van der Waals surface area contributed by atoms with E-state index in [4.69, 9.17) is 4.74 Å². The van der Waals surface area contributed by atoms with Gasteiger partial charge in [-0.3, -0.25) is 9.10 Å². The molecule has 0 aromatic heterocycles. The van der Waals surface area contributed by atoms with E-state index in [2.05, 4.69) is 10.6 Å². The Hall–Kier alpha value is -2.58. The van der Waals surface area contributed by atoms with Gasteiger partial charge in [-0.15, -0.1) is 0 Å². The fraction of sp³-hybridized carbons (Fsp3) is 0.316. The quantitative estimate of drug-likeness (QED) is 0.637. The minimum atomic E-state index is -3.78. The van der Waals surface area contributed by atoms with Crippen molar-refractivity contribution in [3.8, 4) is 5.75 Å². The highest BCUT2D eigenvalue weighted by atomic mass is 32.2. The van der Waals surface area contributed by atoms with Gasteiger partial charge in [0.1, 0.15) is 5.75 Å². The number of benzene rings is 2. The molecule has 0 radical (unpaired) electrons. The Morgan fingerprint density at radius 2 is 1.74 bits per heavy atom. The zero-order valence-corrected chi connectivity index (χ0v) is 16.5. The van der Waals surface area contributed by atoms with E-state index in [1.54, 1.807) is 24.3 Å². The van der Waals surface area contributed by atoms with Crippen LogP contribution in [-0.4, -0.2) is 48.1 Å². The number of nitrogens with one attached hydrogen (secondary N) is 2. The molecule has 2 rings (SSSR count). The first-order valence-corrected chi connectivity index (χ1v) is 10.1. The number of carbonyl (C=O) groups is 1. The normalized spacial score (nSPS) is 11.1. The summed E-state index contributed by atoms with van der Waals surface area (Å²) in [6.45, 7) is 4.01. The number of hydrogen-bond acceptors (Lipinski definition) is 5. The van der Waals surface area contributed by atoms with Crippen LogP contribution in [0.1, 0.15) is 17.3 Å². The maximum atomic E-state index is 12.9. The topological polar surface area (TPSA) is 87.7 Å². The third-order valence-electron chi connectivity index (χ3n) is 4.04. The maximum Gasteiger partial charge on any atom is 0.264 e. The van der Waals surface area contributed by atoms with Crippen LogP contribution in [0.15, 0.2) is 53.4 Å². The van der Waals surface area contributed by atoms with E-state index in [1.165, 1.54) is 38.4 Å². The van der Waals surface area contributed by atoms with Gasteiger partial charge in [0, 0.05) is 25.7 Å². The van der Waals surface area contributed by atoms with Gasteiger partial charge >= 0.3 is 0 Å². The molecule has 1 amide bonds. The van der Waals surface area contributed by atoms with Crippen LogP contribution < -0.4 is 19.7 Å². The van der Waals surface area contributed by atoms with Gasteiger partial charge in [-0.05, 0) is 42.9 Å². The third kappa shape index (κ3) is 4.99. The van der Waals surface area contributed by atoms with Crippen LogP contribution in [0.25, 0.3) is 0 Å². The first kappa shape index (κ1) is 20.7. The van der Waals surface area contributed by atoms with Gasteiger partial charge in [0.25, 0.3) is 15.9 Å². The van der Waals surface area contributed by atoms with Crippen LogP contribution in [0.3, 0.4) is 0 Å². The molecule has 0 aliphatic heterocycles. The molecule has 27 heavy (non-hydrogen) atoms. The molecule has 2 aromatic carbocycles. The van der Waals surface area contributed by atoms with Crippen LogP contribution in [0.5, 0.6) is 5.75 Å². The van der Waals surface area contributed by atoms with Crippen molar-refractivity contribution >= 4 is 21.6 Å². The number of methoxy groups -OCH3 is 1. The summed E-state index contributed by atoms with van der Waals surface area (Å²) in [5.74, 6) is 0.218. The summed E-state index contributed by atoms with van der Waals surface area (Å²) in [5, 5.41) is 5.89. The highest BCUT2D eigenvalue weighted by molar-refractivity contribution is 7.92. The smallest absolute Gasteiger partial charge is 0.264 e. The summed E-state index contributed by atoms with van der Waals surface area (Å²) in [6, 6.07) is 12.7. The monoisotopic (exact) mass is 391 g/mol. The number of para-hydroxylation sites is 2. The predicted molar refractivity (Wildman–Crippen MR) is 106 cm³/mol. The minimum absolute atomic E-state index is 0.0973. The molecule has 2 aromatic rings. The second-order valence-corrected chi connectivity index (χ2v) is 7.75. The summed E-state index contributed by atoms with van der Waals surface area (Å²) >= 11 is 0. The number of nitrogens with zero attached hydrogens (tertiary/aromatic N) is 1. The molecule has 0 spiro atoms. The number of likely N-dealkylation sites (N-methyl/N-ethyl adjacent to an activating group) is 1. The SMILES string of the molecule is CCNCCNC(=O)c1ccc(S(=O)(=O)N(C)c2ccccc2OC)cc1. The van der Waals surface area contributed by atoms with Crippen molar-refractivity contribution < 1.29 is 17.9 Å². The molecular weight excluding hydrogens is 366 g/mol. The van der Waals surface area contributed by atoms with Crippen molar-refractivity contribution in [2.45, 2.75) is 11.8 Å².